The lowest BCUT2D eigenvalue weighted by molar-refractivity contribution is -0.151. The summed E-state index contributed by atoms with van der Waals surface area (Å²) in [7, 11) is -1.01. The first kappa shape index (κ1) is 17.7. The van der Waals surface area contributed by atoms with Gasteiger partial charge in [0.15, 0.2) is 0 Å². The van der Waals surface area contributed by atoms with Crippen molar-refractivity contribution in [3.8, 4) is 0 Å². The molecule has 126 valence electrons. The number of anilines is 1. The minimum Gasteiger partial charge on any atom is -0.481 e. The standard InChI is InChI=1S/C17H23NO4S/c1-17(2,3)23(22)10-11-5-4-6-12(9-11)18-15(19)13-7-8-14(13)16(20)21/h4-6,9,13-14H,7-8,10H2,1-3H3,(H,18,19)(H,20,21). The quantitative estimate of drug-likeness (QED) is 0.865. The molecule has 1 saturated carbocycles. The van der Waals surface area contributed by atoms with Crippen LogP contribution in [0, 0.1) is 11.8 Å². The number of carboxylic acid groups (broad SMARTS) is 1. The highest BCUT2D eigenvalue weighted by Gasteiger charge is 2.41. The third-order valence-corrected chi connectivity index (χ3v) is 6.07. The molecule has 0 saturated heterocycles. The molecule has 6 heteroatoms. The van der Waals surface area contributed by atoms with E-state index in [2.05, 4.69) is 5.32 Å². The number of hydrogen-bond donors (Lipinski definition) is 2. The average Bonchev–Trinajstić information content (AvgIpc) is 2.35. The van der Waals surface area contributed by atoms with Crippen LogP contribution in [0.1, 0.15) is 39.2 Å². The van der Waals surface area contributed by atoms with Crippen LogP contribution in [0.4, 0.5) is 5.69 Å². The molecule has 5 nitrogen and oxygen atoms in total. The first-order valence-electron chi connectivity index (χ1n) is 7.69. The zero-order valence-corrected chi connectivity index (χ0v) is 14.5. The first-order valence-corrected chi connectivity index (χ1v) is 9.01. The number of hydrogen-bond acceptors (Lipinski definition) is 3. The number of aliphatic carboxylic acids is 1. The zero-order valence-electron chi connectivity index (χ0n) is 13.7. The highest BCUT2D eigenvalue weighted by Crippen LogP contribution is 2.35. The van der Waals surface area contributed by atoms with E-state index in [1.807, 2.05) is 26.8 Å². The van der Waals surface area contributed by atoms with Gasteiger partial charge in [0.05, 0.1) is 11.8 Å². The van der Waals surface area contributed by atoms with Crippen LogP contribution in [-0.2, 0) is 26.1 Å². The van der Waals surface area contributed by atoms with Crippen LogP contribution in [0.15, 0.2) is 24.3 Å². The lowest BCUT2D eigenvalue weighted by Crippen LogP contribution is -2.41. The summed E-state index contributed by atoms with van der Waals surface area (Å²) >= 11 is 0. The van der Waals surface area contributed by atoms with E-state index in [1.54, 1.807) is 18.2 Å². The third-order valence-electron chi connectivity index (χ3n) is 4.10. The molecule has 0 spiro atoms. The molecule has 3 atom stereocenters. The predicted molar refractivity (Wildman–Crippen MR) is 90.5 cm³/mol. The monoisotopic (exact) mass is 337 g/mol. The molecule has 1 fully saturated rings. The van der Waals surface area contributed by atoms with Gasteiger partial charge in [-0.1, -0.05) is 12.1 Å². The Bertz CT molecular complexity index is 636. The van der Waals surface area contributed by atoms with Gasteiger partial charge in [-0.3, -0.25) is 13.8 Å². The van der Waals surface area contributed by atoms with Crippen LogP contribution in [0.2, 0.25) is 0 Å². The number of amides is 1. The molecule has 0 aliphatic heterocycles. The number of carbonyl (C=O) groups excluding carboxylic acids is 1. The van der Waals surface area contributed by atoms with Gasteiger partial charge in [-0.25, -0.2) is 0 Å². The third kappa shape index (κ3) is 4.41. The highest BCUT2D eigenvalue weighted by molar-refractivity contribution is 7.85. The molecule has 1 aromatic rings. The van der Waals surface area contributed by atoms with Crippen molar-refractivity contribution < 1.29 is 18.9 Å². The predicted octanol–water partition coefficient (Wildman–Crippen LogP) is 2.78. The Labute approximate surface area is 138 Å². The number of rotatable bonds is 5. The molecule has 0 radical (unpaired) electrons. The van der Waals surface area contributed by atoms with E-state index in [0.29, 0.717) is 24.3 Å². The Balaban J connectivity index is 2.01. The molecule has 1 aliphatic carbocycles. The first-order chi connectivity index (χ1) is 10.7. The van der Waals surface area contributed by atoms with Gasteiger partial charge >= 0.3 is 5.97 Å². The van der Waals surface area contributed by atoms with E-state index in [9.17, 15) is 13.8 Å². The van der Waals surface area contributed by atoms with Crippen LogP contribution in [0.5, 0.6) is 0 Å². The van der Waals surface area contributed by atoms with Gasteiger partial charge in [0.2, 0.25) is 5.91 Å². The molecule has 3 unspecified atom stereocenters. The van der Waals surface area contributed by atoms with Crippen LogP contribution in [0.25, 0.3) is 0 Å². The molecule has 1 aliphatic rings. The molecule has 1 aromatic carbocycles. The van der Waals surface area contributed by atoms with Gasteiger partial charge in [0.25, 0.3) is 0 Å². The molecule has 2 rings (SSSR count). The molecule has 0 bridgehead atoms. The van der Waals surface area contributed by atoms with Crippen LogP contribution in [-0.4, -0.2) is 25.9 Å². The minimum absolute atomic E-state index is 0.252. The number of carboxylic acids is 1. The molecular formula is C17H23NO4S. The Kier molecular flexibility index (Phi) is 5.24. The second kappa shape index (κ2) is 6.83. The maximum absolute atomic E-state index is 12.2. The van der Waals surface area contributed by atoms with Gasteiger partial charge in [0, 0.05) is 27.0 Å². The number of benzene rings is 1. The van der Waals surface area contributed by atoms with Crippen molar-refractivity contribution in [2.24, 2.45) is 11.8 Å². The van der Waals surface area contributed by atoms with Crippen molar-refractivity contribution in [2.45, 2.75) is 44.1 Å². The lowest BCUT2D eigenvalue weighted by Gasteiger charge is -2.31. The SMILES string of the molecule is CC(C)(C)S(=O)Cc1cccc(NC(=O)C2CCC2C(=O)O)c1. The van der Waals surface area contributed by atoms with Crippen LogP contribution >= 0.6 is 0 Å². The second-order valence-electron chi connectivity index (χ2n) is 6.92. The zero-order chi connectivity index (χ0) is 17.2. The average molecular weight is 337 g/mol. The summed E-state index contributed by atoms with van der Waals surface area (Å²) in [6, 6.07) is 7.24. The maximum Gasteiger partial charge on any atom is 0.307 e. The van der Waals surface area contributed by atoms with E-state index < -0.39 is 28.6 Å². The Morgan fingerprint density at radius 1 is 1.26 bits per heavy atom. The molecule has 0 aromatic heterocycles. The van der Waals surface area contributed by atoms with Gasteiger partial charge < -0.3 is 10.4 Å². The summed E-state index contributed by atoms with van der Waals surface area (Å²) < 4.78 is 11.9. The van der Waals surface area contributed by atoms with Gasteiger partial charge in [-0.2, -0.15) is 0 Å². The van der Waals surface area contributed by atoms with Crippen LogP contribution < -0.4 is 5.32 Å². The summed E-state index contributed by atoms with van der Waals surface area (Å²) in [6.07, 6.45) is 1.16. The van der Waals surface area contributed by atoms with Crippen molar-refractivity contribution in [1.29, 1.82) is 0 Å². The highest BCUT2D eigenvalue weighted by atomic mass is 32.2. The number of carbonyl (C=O) groups is 2. The molecule has 2 N–H and O–H groups in total. The smallest absolute Gasteiger partial charge is 0.307 e. The van der Waals surface area contributed by atoms with Gasteiger partial charge in [-0.05, 0) is 51.3 Å². The van der Waals surface area contributed by atoms with Crippen molar-refractivity contribution >= 4 is 28.4 Å². The summed E-state index contributed by atoms with van der Waals surface area (Å²) in [4.78, 5) is 23.2. The molecule has 1 amide bonds. The van der Waals surface area contributed by atoms with E-state index in [1.165, 1.54) is 0 Å². The van der Waals surface area contributed by atoms with Gasteiger partial charge in [-0.15, -0.1) is 0 Å². The van der Waals surface area contributed by atoms with Crippen molar-refractivity contribution in [2.75, 3.05) is 5.32 Å². The number of nitrogens with one attached hydrogen (secondary N) is 1. The molecular weight excluding hydrogens is 314 g/mol. The Morgan fingerprint density at radius 3 is 2.43 bits per heavy atom. The normalized spacial score (nSPS) is 22.0. The second-order valence-corrected chi connectivity index (χ2v) is 9.12. The topological polar surface area (TPSA) is 83.5 Å². The van der Waals surface area contributed by atoms with Crippen LogP contribution in [0.3, 0.4) is 0 Å². The largest absolute Gasteiger partial charge is 0.481 e. The summed E-state index contributed by atoms with van der Waals surface area (Å²) in [5, 5.41) is 11.8. The maximum atomic E-state index is 12.2. The fourth-order valence-corrected chi connectivity index (χ4v) is 3.37. The van der Waals surface area contributed by atoms with E-state index in [0.717, 1.165) is 5.56 Å². The molecule has 0 heterocycles. The fourth-order valence-electron chi connectivity index (χ4n) is 2.45. The summed E-state index contributed by atoms with van der Waals surface area (Å²) in [6.45, 7) is 5.78. The Morgan fingerprint density at radius 2 is 1.91 bits per heavy atom. The summed E-state index contributed by atoms with van der Waals surface area (Å²) in [5.74, 6) is -1.77. The fraction of sp³-hybridized carbons (Fsp3) is 0.529. The van der Waals surface area contributed by atoms with Crippen molar-refractivity contribution in [3.05, 3.63) is 29.8 Å². The summed E-state index contributed by atoms with van der Waals surface area (Å²) in [5.41, 5.74) is 1.51. The van der Waals surface area contributed by atoms with Gasteiger partial charge in [0.1, 0.15) is 0 Å². The van der Waals surface area contributed by atoms with E-state index in [-0.39, 0.29) is 10.7 Å². The van der Waals surface area contributed by atoms with Crippen molar-refractivity contribution in [3.63, 3.8) is 0 Å². The van der Waals surface area contributed by atoms with E-state index in [4.69, 9.17) is 5.11 Å². The minimum atomic E-state index is -1.01. The molecule has 23 heavy (non-hydrogen) atoms. The Hall–Kier alpha value is -1.69. The lowest BCUT2D eigenvalue weighted by atomic mass is 9.73. The van der Waals surface area contributed by atoms with E-state index >= 15 is 0 Å². The van der Waals surface area contributed by atoms with Crippen molar-refractivity contribution in [1.82, 2.24) is 0 Å².